The van der Waals surface area contributed by atoms with Crippen molar-refractivity contribution in [2.45, 2.75) is 31.7 Å². The molecule has 5 nitrogen and oxygen atoms in total. The van der Waals surface area contributed by atoms with E-state index in [1.54, 1.807) is 19.2 Å². The van der Waals surface area contributed by atoms with E-state index < -0.39 is 18.6 Å². The molecule has 1 saturated heterocycles. The van der Waals surface area contributed by atoms with Crippen molar-refractivity contribution < 1.29 is 27.1 Å². The van der Waals surface area contributed by atoms with E-state index in [1.165, 1.54) is 6.26 Å². The Labute approximate surface area is 133 Å². The topological polar surface area (TPSA) is 45.9 Å². The van der Waals surface area contributed by atoms with Crippen LogP contribution in [-0.2, 0) is 16.1 Å². The van der Waals surface area contributed by atoms with E-state index in [4.69, 9.17) is 9.15 Å². The lowest BCUT2D eigenvalue weighted by atomic mass is 10.1. The summed E-state index contributed by atoms with van der Waals surface area (Å²) in [7, 11) is 1.64. The van der Waals surface area contributed by atoms with E-state index in [1.807, 2.05) is 4.90 Å². The van der Waals surface area contributed by atoms with Crippen LogP contribution in [0.5, 0.6) is 0 Å². The third-order valence-electron chi connectivity index (χ3n) is 3.88. The van der Waals surface area contributed by atoms with Crippen LogP contribution in [-0.4, -0.2) is 61.3 Å². The lowest BCUT2D eigenvalue weighted by molar-refractivity contribution is -0.163. The molecule has 0 atom stereocenters. The van der Waals surface area contributed by atoms with Gasteiger partial charge in [-0.25, -0.2) is 0 Å². The lowest BCUT2D eigenvalue weighted by Crippen LogP contribution is -2.46. The number of nitrogens with zero attached hydrogens (tertiary/aromatic N) is 2. The molecule has 1 amide bonds. The Bertz CT molecular complexity index is 483. The first kappa shape index (κ1) is 17.8. The van der Waals surface area contributed by atoms with Crippen molar-refractivity contribution >= 4 is 5.91 Å². The average Bonchev–Trinajstić information content (AvgIpc) is 2.99. The van der Waals surface area contributed by atoms with Crippen LogP contribution in [0.25, 0.3) is 0 Å². The van der Waals surface area contributed by atoms with E-state index in [-0.39, 0.29) is 19.2 Å². The van der Waals surface area contributed by atoms with Gasteiger partial charge >= 0.3 is 6.18 Å². The van der Waals surface area contributed by atoms with Crippen LogP contribution in [0, 0.1) is 0 Å². The van der Waals surface area contributed by atoms with Gasteiger partial charge in [0.15, 0.2) is 0 Å². The second-order valence-electron chi connectivity index (χ2n) is 5.66. The molecule has 1 aromatic rings. The molecule has 1 aliphatic rings. The summed E-state index contributed by atoms with van der Waals surface area (Å²) in [5, 5.41) is 0. The molecule has 23 heavy (non-hydrogen) atoms. The molecule has 1 aromatic heterocycles. The van der Waals surface area contributed by atoms with E-state index in [2.05, 4.69) is 0 Å². The summed E-state index contributed by atoms with van der Waals surface area (Å²) >= 11 is 0. The molecule has 0 spiro atoms. The molecular formula is C15H21F3N2O3. The van der Waals surface area contributed by atoms with Crippen molar-refractivity contribution in [3.8, 4) is 0 Å². The fourth-order valence-electron chi connectivity index (χ4n) is 2.63. The van der Waals surface area contributed by atoms with Crippen molar-refractivity contribution in [1.29, 1.82) is 0 Å². The van der Waals surface area contributed by atoms with Crippen LogP contribution in [0.1, 0.15) is 18.6 Å². The summed E-state index contributed by atoms with van der Waals surface area (Å²) in [6, 6.07) is 3.14. The second kappa shape index (κ2) is 7.83. The largest absolute Gasteiger partial charge is 0.467 e. The average molecular weight is 334 g/mol. The minimum absolute atomic E-state index is 0.0206. The van der Waals surface area contributed by atoms with E-state index >= 15 is 0 Å². The van der Waals surface area contributed by atoms with Gasteiger partial charge in [-0.15, -0.1) is 0 Å². The van der Waals surface area contributed by atoms with Crippen LogP contribution in [0.2, 0.25) is 0 Å². The second-order valence-corrected chi connectivity index (χ2v) is 5.66. The molecule has 0 saturated carbocycles. The maximum Gasteiger partial charge on any atom is 0.406 e. The standard InChI is InChI=1S/C15H21F3N2O3/c1-22-12-4-6-19(7-5-12)10-14(21)20(11-15(16,17)18)9-13-3-2-8-23-13/h2-3,8,12H,4-7,9-11H2,1H3. The van der Waals surface area contributed by atoms with Gasteiger partial charge < -0.3 is 14.1 Å². The number of hydrogen-bond acceptors (Lipinski definition) is 4. The quantitative estimate of drug-likeness (QED) is 0.801. The minimum atomic E-state index is -4.44. The fourth-order valence-corrected chi connectivity index (χ4v) is 2.63. The van der Waals surface area contributed by atoms with Crippen LogP contribution in [0.3, 0.4) is 0 Å². The number of halogens is 3. The van der Waals surface area contributed by atoms with Gasteiger partial charge in [0.05, 0.1) is 25.5 Å². The Kier molecular flexibility index (Phi) is 6.06. The Morgan fingerprint density at radius 2 is 2.13 bits per heavy atom. The Morgan fingerprint density at radius 3 is 2.65 bits per heavy atom. The highest BCUT2D eigenvalue weighted by molar-refractivity contribution is 5.78. The molecule has 0 aromatic carbocycles. The zero-order chi connectivity index (χ0) is 16.9. The maximum atomic E-state index is 12.7. The van der Waals surface area contributed by atoms with Crippen molar-refractivity contribution in [3.63, 3.8) is 0 Å². The number of furan rings is 1. The number of rotatable bonds is 6. The zero-order valence-corrected chi connectivity index (χ0v) is 13.0. The summed E-state index contributed by atoms with van der Waals surface area (Å²) in [6.07, 6.45) is -1.34. The van der Waals surface area contributed by atoms with Gasteiger partial charge in [0, 0.05) is 20.2 Å². The smallest absolute Gasteiger partial charge is 0.406 e. The molecule has 1 fully saturated rings. The van der Waals surface area contributed by atoms with Crippen molar-refractivity contribution in [1.82, 2.24) is 9.80 Å². The molecule has 2 heterocycles. The highest BCUT2D eigenvalue weighted by Gasteiger charge is 2.34. The van der Waals surface area contributed by atoms with E-state index in [0.717, 1.165) is 17.7 Å². The molecule has 0 unspecified atom stereocenters. The summed E-state index contributed by atoms with van der Waals surface area (Å²) in [4.78, 5) is 14.9. The van der Waals surface area contributed by atoms with E-state index in [9.17, 15) is 18.0 Å². The van der Waals surface area contributed by atoms with Crippen LogP contribution in [0.15, 0.2) is 22.8 Å². The van der Waals surface area contributed by atoms with Gasteiger partial charge in [0.1, 0.15) is 12.3 Å². The third-order valence-corrected chi connectivity index (χ3v) is 3.88. The summed E-state index contributed by atoms with van der Waals surface area (Å²) in [6.45, 7) is -0.191. The SMILES string of the molecule is COC1CCN(CC(=O)N(Cc2ccco2)CC(F)(F)F)CC1. The van der Waals surface area contributed by atoms with E-state index in [0.29, 0.717) is 18.8 Å². The van der Waals surface area contributed by atoms with Gasteiger partial charge in [0.2, 0.25) is 5.91 Å². The first-order valence-electron chi connectivity index (χ1n) is 7.49. The maximum absolute atomic E-state index is 12.7. The number of ether oxygens (including phenoxy) is 1. The monoisotopic (exact) mass is 334 g/mol. The third kappa shape index (κ3) is 5.87. The summed E-state index contributed by atoms with van der Waals surface area (Å²) in [5.41, 5.74) is 0. The number of amides is 1. The molecule has 1 aliphatic heterocycles. The van der Waals surface area contributed by atoms with Crippen LogP contribution < -0.4 is 0 Å². The molecule has 0 radical (unpaired) electrons. The molecule has 8 heteroatoms. The summed E-state index contributed by atoms with van der Waals surface area (Å²) < 4.78 is 48.4. The number of piperidine rings is 1. The van der Waals surface area contributed by atoms with Gasteiger partial charge in [-0.05, 0) is 25.0 Å². The van der Waals surface area contributed by atoms with Crippen molar-refractivity contribution in [2.75, 3.05) is 33.3 Å². The first-order valence-corrected chi connectivity index (χ1v) is 7.49. The number of likely N-dealkylation sites (tertiary alicyclic amines) is 1. The first-order chi connectivity index (χ1) is 10.9. The predicted molar refractivity (Wildman–Crippen MR) is 76.7 cm³/mol. The fraction of sp³-hybridized carbons (Fsp3) is 0.667. The molecule has 0 aliphatic carbocycles. The van der Waals surface area contributed by atoms with Gasteiger partial charge in [-0.3, -0.25) is 9.69 Å². The van der Waals surface area contributed by atoms with Crippen molar-refractivity contribution in [3.05, 3.63) is 24.2 Å². The Morgan fingerprint density at radius 1 is 1.43 bits per heavy atom. The molecule has 2 rings (SSSR count). The van der Waals surface area contributed by atoms with Gasteiger partial charge in [0.25, 0.3) is 0 Å². The predicted octanol–water partition coefficient (Wildman–Crippen LogP) is 2.28. The van der Waals surface area contributed by atoms with Gasteiger partial charge in [-0.2, -0.15) is 13.2 Å². The Hall–Kier alpha value is -1.54. The summed E-state index contributed by atoms with van der Waals surface area (Å²) in [5.74, 6) is -0.213. The van der Waals surface area contributed by atoms with Crippen molar-refractivity contribution in [2.24, 2.45) is 0 Å². The molecule has 0 N–H and O–H groups in total. The number of carbonyl (C=O) groups excluding carboxylic acids is 1. The highest BCUT2D eigenvalue weighted by atomic mass is 19.4. The number of carbonyl (C=O) groups is 1. The lowest BCUT2D eigenvalue weighted by Gasteiger charge is -2.32. The Balaban J connectivity index is 1.93. The molecule has 0 bridgehead atoms. The van der Waals surface area contributed by atoms with Crippen LogP contribution >= 0.6 is 0 Å². The highest BCUT2D eigenvalue weighted by Crippen LogP contribution is 2.19. The number of alkyl halides is 3. The van der Waals surface area contributed by atoms with Crippen LogP contribution in [0.4, 0.5) is 13.2 Å². The number of hydrogen-bond donors (Lipinski definition) is 0. The molecule has 130 valence electrons. The normalized spacial score (nSPS) is 17.4. The zero-order valence-electron chi connectivity index (χ0n) is 13.0. The van der Waals surface area contributed by atoms with Gasteiger partial charge in [-0.1, -0.05) is 0 Å². The number of methoxy groups -OCH3 is 1. The molecular weight excluding hydrogens is 313 g/mol. The minimum Gasteiger partial charge on any atom is -0.467 e.